The summed E-state index contributed by atoms with van der Waals surface area (Å²) in [7, 11) is 0. The highest BCUT2D eigenvalue weighted by molar-refractivity contribution is 6.30. The maximum absolute atomic E-state index is 12.2. The number of carbonyl (C=O) groups excluding carboxylic acids is 1. The first-order valence-corrected chi connectivity index (χ1v) is 8.67. The van der Waals surface area contributed by atoms with Crippen LogP contribution in [-0.4, -0.2) is 11.9 Å². The van der Waals surface area contributed by atoms with Crippen LogP contribution in [0.15, 0.2) is 54.6 Å². The van der Waals surface area contributed by atoms with Gasteiger partial charge in [0, 0.05) is 11.1 Å². The van der Waals surface area contributed by atoms with Gasteiger partial charge in [-0.05, 0) is 54.9 Å². The predicted molar refractivity (Wildman–Crippen MR) is 94.7 cm³/mol. The Morgan fingerprint density at radius 3 is 2.43 bits per heavy atom. The Balaban J connectivity index is 1.48. The molecule has 120 valence electrons. The average molecular weight is 328 g/mol. The Bertz CT molecular complexity index is 648. The Kier molecular flexibility index (Phi) is 5.35. The van der Waals surface area contributed by atoms with Gasteiger partial charge in [0.25, 0.3) is 0 Å². The van der Waals surface area contributed by atoms with Crippen LogP contribution in [0.25, 0.3) is 0 Å². The highest BCUT2D eigenvalue weighted by Gasteiger charge is 2.23. The number of hydrogen-bond acceptors (Lipinski definition) is 1. The van der Waals surface area contributed by atoms with Crippen LogP contribution in [0.2, 0.25) is 5.02 Å². The van der Waals surface area contributed by atoms with Crippen LogP contribution in [-0.2, 0) is 11.2 Å². The second-order valence-corrected chi connectivity index (χ2v) is 6.77. The first-order valence-electron chi connectivity index (χ1n) is 8.29. The van der Waals surface area contributed by atoms with Gasteiger partial charge in [0.05, 0.1) is 6.42 Å². The van der Waals surface area contributed by atoms with Gasteiger partial charge >= 0.3 is 0 Å². The lowest BCUT2D eigenvalue weighted by molar-refractivity contribution is -0.121. The van der Waals surface area contributed by atoms with E-state index in [2.05, 4.69) is 35.6 Å². The Morgan fingerprint density at radius 1 is 1.00 bits per heavy atom. The topological polar surface area (TPSA) is 29.1 Å². The molecule has 1 N–H and O–H groups in total. The van der Waals surface area contributed by atoms with Gasteiger partial charge in [0.15, 0.2) is 0 Å². The number of carbonyl (C=O) groups is 1. The zero-order valence-electron chi connectivity index (χ0n) is 13.2. The van der Waals surface area contributed by atoms with E-state index in [1.807, 2.05) is 24.3 Å². The summed E-state index contributed by atoms with van der Waals surface area (Å²) in [6.45, 7) is 0. The highest BCUT2D eigenvalue weighted by atomic mass is 35.5. The van der Waals surface area contributed by atoms with E-state index in [1.54, 1.807) is 0 Å². The maximum Gasteiger partial charge on any atom is 0.224 e. The van der Waals surface area contributed by atoms with Gasteiger partial charge in [-0.3, -0.25) is 4.79 Å². The summed E-state index contributed by atoms with van der Waals surface area (Å²) in [6.07, 6.45) is 4.80. The van der Waals surface area contributed by atoms with Gasteiger partial charge in [0.2, 0.25) is 5.91 Å². The van der Waals surface area contributed by atoms with Crippen LogP contribution in [0, 0.1) is 0 Å². The molecule has 0 spiro atoms. The minimum Gasteiger partial charge on any atom is -0.353 e. The van der Waals surface area contributed by atoms with Gasteiger partial charge in [-0.25, -0.2) is 0 Å². The molecule has 2 aromatic rings. The smallest absolute Gasteiger partial charge is 0.224 e. The molecule has 1 amide bonds. The van der Waals surface area contributed by atoms with Gasteiger partial charge in [-0.2, -0.15) is 0 Å². The van der Waals surface area contributed by atoms with Crippen molar-refractivity contribution in [2.45, 2.75) is 44.1 Å². The van der Waals surface area contributed by atoms with Gasteiger partial charge in [-0.1, -0.05) is 54.1 Å². The summed E-state index contributed by atoms with van der Waals surface area (Å²) >= 11 is 5.96. The van der Waals surface area contributed by atoms with E-state index in [4.69, 9.17) is 11.6 Å². The minimum atomic E-state index is 0.0930. The first-order chi connectivity index (χ1) is 11.2. The monoisotopic (exact) mass is 327 g/mol. The third-order valence-electron chi connectivity index (χ3n) is 4.62. The maximum atomic E-state index is 12.2. The Morgan fingerprint density at radius 2 is 1.74 bits per heavy atom. The number of halogens is 1. The third kappa shape index (κ3) is 4.59. The van der Waals surface area contributed by atoms with E-state index in [0.717, 1.165) is 31.2 Å². The zero-order chi connectivity index (χ0) is 16.1. The molecule has 1 aliphatic carbocycles. The number of benzene rings is 2. The minimum absolute atomic E-state index is 0.0930. The van der Waals surface area contributed by atoms with Crippen molar-refractivity contribution in [3.8, 4) is 0 Å². The van der Waals surface area contributed by atoms with Crippen LogP contribution in [0.1, 0.15) is 42.7 Å². The van der Waals surface area contributed by atoms with Gasteiger partial charge in [0.1, 0.15) is 0 Å². The van der Waals surface area contributed by atoms with Crippen molar-refractivity contribution in [3.63, 3.8) is 0 Å². The Labute approximate surface area is 142 Å². The van der Waals surface area contributed by atoms with Crippen LogP contribution in [0.4, 0.5) is 0 Å². The summed E-state index contributed by atoms with van der Waals surface area (Å²) in [4.78, 5) is 12.2. The number of nitrogens with one attached hydrogen (secondary N) is 1. The molecule has 3 heteroatoms. The van der Waals surface area contributed by atoms with Crippen molar-refractivity contribution in [1.82, 2.24) is 5.32 Å². The van der Waals surface area contributed by atoms with E-state index in [1.165, 1.54) is 5.56 Å². The van der Waals surface area contributed by atoms with Gasteiger partial charge < -0.3 is 5.32 Å². The second kappa shape index (κ2) is 7.65. The van der Waals surface area contributed by atoms with E-state index in [-0.39, 0.29) is 5.91 Å². The molecule has 0 bridgehead atoms. The molecule has 1 aliphatic rings. The van der Waals surface area contributed by atoms with Crippen molar-refractivity contribution in [3.05, 3.63) is 70.7 Å². The normalized spacial score (nSPS) is 20.9. The summed E-state index contributed by atoms with van der Waals surface area (Å²) in [5, 5.41) is 3.86. The molecular formula is C20H22ClNO. The molecule has 0 aromatic heterocycles. The molecule has 3 rings (SSSR count). The summed E-state index contributed by atoms with van der Waals surface area (Å²) in [5.74, 6) is 0.729. The molecule has 0 radical (unpaired) electrons. The molecule has 2 aromatic carbocycles. The highest BCUT2D eigenvalue weighted by Crippen LogP contribution is 2.32. The quantitative estimate of drug-likeness (QED) is 0.864. The van der Waals surface area contributed by atoms with Crippen LogP contribution in [0.3, 0.4) is 0 Å². The zero-order valence-corrected chi connectivity index (χ0v) is 13.9. The standard InChI is InChI=1S/C20H22ClNO/c21-18-8-4-5-15(13-18)14-20(23)22-19-11-9-17(10-12-19)16-6-2-1-3-7-16/h1-8,13,17,19H,9-12,14H2,(H,22,23)/t17-,19-. The largest absolute Gasteiger partial charge is 0.353 e. The number of amides is 1. The fourth-order valence-corrected chi connectivity index (χ4v) is 3.62. The summed E-state index contributed by atoms with van der Waals surface area (Å²) in [6, 6.07) is 18.5. The number of hydrogen-bond donors (Lipinski definition) is 1. The van der Waals surface area contributed by atoms with Crippen molar-refractivity contribution < 1.29 is 4.79 Å². The summed E-state index contributed by atoms with van der Waals surface area (Å²) in [5.41, 5.74) is 2.39. The van der Waals surface area contributed by atoms with Crippen LogP contribution < -0.4 is 5.32 Å². The second-order valence-electron chi connectivity index (χ2n) is 6.33. The average Bonchev–Trinajstić information content (AvgIpc) is 2.56. The fraction of sp³-hybridized carbons (Fsp3) is 0.350. The van der Waals surface area contributed by atoms with E-state index >= 15 is 0 Å². The molecule has 1 fully saturated rings. The molecule has 0 saturated heterocycles. The predicted octanol–water partition coefficient (Wildman–Crippen LogP) is 4.73. The molecule has 0 unspecified atom stereocenters. The van der Waals surface area contributed by atoms with Crippen molar-refractivity contribution in [2.75, 3.05) is 0 Å². The molecule has 0 atom stereocenters. The Hall–Kier alpha value is -1.80. The van der Waals surface area contributed by atoms with E-state index in [9.17, 15) is 4.79 Å². The van der Waals surface area contributed by atoms with E-state index < -0.39 is 0 Å². The third-order valence-corrected chi connectivity index (χ3v) is 4.85. The van der Waals surface area contributed by atoms with Crippen LogP contribution in [0.5, 0.6) is 0 Å². The molecule has 1 saturated carbocycles. The molecule has 23 heavy (non-hydrogen) atoms. The van der Waals surface area contributed by atoms with Crippen molar-refractivity contribution in [2.24, 2.45) is 0 Å². The lowest BCUT2D eigenvalue weighted by atomic mass is 9.82. The lowest BCUT2D eigenvalue weighted by Gasteiger charge is -2.29. The van der Waals surface area contributed by atoms with E-state index in [0.29, 0.717) is 23.4 Å². The van der Waals surface area contributed by atoms with Crippen molar-refractivity contribution in [1.29, 1.82) is 0 Å². The molecule has 0 aliphatic heterocycles. The molecule has 2 nitrogen and oxygen atoms in total. The number of rotatable bonds is 4. The van der Waals surface area contributed by atoms with Crippen LogP contribution >= 0.6 is 11.6 Å². The first kappa shape index (κ1) is 16.1. The summed E-state index contributed by atoms with van der Waals surface area (Å²) < 4.78 is 0. The fourth-order valence-electron chi connectivity index (χ4n) is 3.41. The van der Waals surface area contributed by atoms with Crippen molar-refractivity contribution >= 4 is 17.5 Å². The van der Waals surface area contributed by atoms with Gasteiger partial charge in [-0.15, -0.1) is 0 Å². The molecule has 0 heterocycles. The SMILES string of the molecule is O=C(Cc1cccc(Cl)c1)N[C@H]1CC[C@H](c2ccccc2)CC1. The molecular weight excluding hydrogens is 306 g/mol. The lowest BCUT2D eigenvalue weighted by Crippen LogP contribution is -2.38.